The average Bonchev–Trinajstić information content (AvgIpc) is 2.96. The van der Waals surface area contributed by atoms with Crippen molar-refractivity contribution in [3.63, 3.8) is 0 Å². The number of unbranched alkanes of at least 4 members (excludes halogenated alkanes) is 1. The van der Waals surface area contributed by atoms with E-state index in [0.717, 1.165) is 57.3 Å². The van der Waals surface area contributed by atoms with Crippen molar-refractivity contribution < 1.29 is 4.74 Å². The predicted molar refractivity (Wildman–Crippen MR) is 98.3 cm³/mol. The van der Waals surface area contributed by atoms with Crippen molar-refractivity contribution in [1.82, 2.24) is 20.2 Å². The minimum Gasteiger partial charge on any atom is -0.385 e. The number of hydrogen-bond acceptors (Lipinski definition) is 3. The van der Waals surface area contributed by atoms with Crippen LogP contribution in [0.2, 0.25) is 0 Å². The Morgan fingerprint density at radius 2 is 2.21 bits per heavy atom. The molecule has 1 saturated carbocycles. The van der Waals surface area contributed by atoms with Crippen LogP contribution in [0, 0.1) is 12.3 Å². The molecule has 1 fully saturated rings. The van der Waals surface area contributed by atoms with E-state index in [9.17, 15) is 0 Å². The second-order valence-electron chi connectivity index (χ2n) is 6.82. The summed E-state index contributed by atoms with van der Waals surface area (Å²) in [6.45, 7) is 5.85. The molecule has 0 aromatic carbocycles. The number of aryl methyl sites for hydroxylation is 2. The van der Waals surface area contributed by atoms with Gasteiger partial charge in [-0.2, -0.15) is 0 Å². The number of aliphatic imine (C=N–C) groups is 1. The molecule has 1 aromatic heterocycles. The van der Waals surface area contributed by atoms with Gasteiger partial charge in [-0.1, -0.05) is 6.42 Å². The third-order valence-electron chi connectivity index (χ3n) is 5.15. The lowest BCUT2D eigenvalue weighted by molar-refractivity contribution is 0.0732. The van der Waals surface area contributed by atoms with Crippen molar-refractivity contribution in [3.05, 3.63) is 18.2 Å². The highest BCUT2D eigenvalue weighted by Gasteiger charge is 2.36. The maximum Gasteiger partial charge on any atom is 0.190 e. The zero-order chi connectivity index (χ0) is 17.3. The molecule has 1 aliphatic rings. The van der Waals surface area contributed by atoms with E-state index in [0.29, 0.717) is 5.41 Å². The molecule has 2 N–H and O–H groups in total. The zero-order valence-electron chi connectivity index (χ0n) is 15.5. The summed E-state index contributed by atoms with van der Waals surface area (Å²) < 4.78 is 7.45. The Labute approximate surface area is 146 Å². The molecule has 0 amide bonds. The number of imidazole rings is 1. The van der Waals surface area contributed by atoms with Gasteiger partial charge in [-0.25, -0.2) is 4.98 Å². The number of ether oxygens (including phenoxy) is 1. The highest BCUT2D eigenvalue weighted by Crippen LogP contribution is 2.43. The van der Waals surface area contributed by atoms with Crippen LogP contribution in [-0.4, -0.2) is 49.4 Å². The van der Waals surface area contributed by atoms with Crippen molar-refractivity contribution in [3.8, 4) is 0 Å². The number of methoxy groups -OCH3 is 1. The van der Waals surface area contributed by atoms with Crippen LogP contribution in [0.15, 0.2) is 17.4 Å². The summed E-state index contributed by atoms with van der Waals surface area (Å²) in [6, 6.07) is 0. The van der Waals surface area contributed by atoms with Crippen LogP contribution >= 0.6 is 0 Å². The minimum absolute atomic E-state index is 0.409. The molecule has 2 rings (SSSR count). The lowest BCUT2D eigenvalue weighted by atomic mass is 9.67. The van der Waals surface area contributed by atoms with Gasteiger partial charge in [0.1, 0.15) is 5.82 Å². The summed E-state index contributed by atoms with van der Waals surface area (Å²) >= 11 is 0. The molecule has 6 nitrogen and oxygen atoms in total. The Bertz CT molecular complexity index is 507. The van der Waals surface area contributed by atoms with Gasteiger partial charge in [0.15, 0.2) is 5.96 Å². The Morgan fingerprint density at radius 1 is 1.38 bits per heavy atom. The summed E-state index contributed by atoms with van der Waals surface area (Å²) in [5, 5.41) is 6.93. The molecule has 1 heterocycles. The molecular formula is C18H33N5O. The maximum atomic E-state index is 5.26. The van der Waals surface area contributed by atoms with Crippen molar-refractivity contribution in [1.29, 1.82) is 0 Å². The fourth-order valence-electron chi connectivity index (χ4n) is 3.26. The van der Waals surface area contributed by atoms with E-state index in [1.807, 2.05) is 26.4 Å². The molecular weight excluding hydrogens is 302 g/mol. The van der Waals surface area contributed by atoms with Gasteiger partial charge in [-0.05, 0) is 44.4 Å². The summed E-state index contributed by atoms with van der Waals surface area (Å²) in [6.07, 6.45) is 11.2. The van der Waals surface area contributed by atoms with E-state index in [2.05, 4.69) is 25.2 Å². The Balaban J connectivity index is 1.61. The van der Waals surface area contributed by atoms with Gasteiger partial charge >= 0.3 is 0 Å². The Hall–Kier alpha value is -1.56. The van der Waals surface area contributed by atoms with E-state index in [4.69, 9.17) is 4.74 Å². The standard InChI is InChI=1S/C18H33N5O/c1-16-20-11-13-23(16)12-5-4-10-21-17(19-2)22-15-18(7-6-8-18)9-14-24-3/h11,13H,4-10,12,14-15H2,1-3H3,(H2,19,21,22). The van der Waals surface area contributed by atoms with Gasteiger partial charge in [-0.15, -0.1) is 0 Å². The second kappa shape index (κ2) is 9.67. The monoisotopic (exact) mass is 335 g/mol. The SMILES string of the molecule is CN=C(NCCCCn1ccnc1C)NCC1(CCOC)CCC1. The van der Waals surface area contributed by atoms with Crippen LogP contribution in [0.4, 0.5) is 0 Å². The van der Waals surface area contributed by atoms with E-state index in [-0.39, 0.29) is 0 Å². The minimum atomic E-state index is 0.409. The third kappa shape index (κ3) is 5.51. The Morgan fingerprint density at radius 3 is 2.79 bits per heavy atom. The van der Waals surface area contributed by atoms with E-state index in [1.54, 1.807) is 7.11 Å². The molecule has 1 aliphatic carbocycles. The molecule has 136 valence electrons. The summed E-state index contributed by atoms with van der Waals surface area (Å²) in [4.78, 5) is 8.59. The van der Waals surface area contributed by atoms with Crippen molar-refractivity contribution in [2.24, 2.45) is 10.4 Å². The first-order valence-corrected chi connectivity index (χ1v) is 9.10. The number of rotatable bonds is 10. The molecule has 0 spiro atoms. The topological polar surface area (TPSA) is 63.5 Å². The van der Waals surface area contributed by atoms with Crippen molar-refractivity contribution in [2.45, 2.75) is 52.0 Å². The maximum absolute atomic E-state index is 5.26. The zero-order valence-corrected chi connectivity index (χ0v) is 15.5. The van der Waals surface area contributed by atoms with Gasteiger partial charge in [0.2, 0.25) is 0 Å². The van der Waals surface area contributed by atoms with Crippen LogP contribution < -0.4 is 10.6 Å². The summed E-state index contributed by atoms with van der Waals surface area (Å²) in [5.41, 5.74) is 0.409. The first kappa shape index (κ1) is 18.8. The van der Waals surface area contributed by atoms with E-state index < -0.39 is 0 Å². The fourth-order valence-corrected chi connectivity index (χ4v) is 3.26. The molecule has 0 saturated heterocycles. The fraction of sp³-hybridized carbons (Fsp3) is 0.778. The lowest BCUT2D eigenvalue weighted by Gasteiger charge is -2.42. The van der Waals surface area contributed by atoms with Crippen LogP contribution in [0.25, 0.3) is 0 Å². The molecule has 0 bridgehead atoms. The summed E-state index contributed by atoms with van der Waals surface area (Å²) in [7, 11) is 3.62. The van der Waals surface area contributed by atoms with Crippen molar-refractivity contribution in [2.75, 3.05) is 33.9 Å². The van der Waals surface area contributed by atoms with Crippen LogP contribution in [0.3, 0.4) is 0 Å². The molecule has 1 aromatic rings. The first-order valence-electron chi connectivity index (χ1n) is 9.10. The van der Waals surface area contributed by atoms with Gasteiger partial charge in [0.25, 0.3) is 0 Å². The average molecular weight is 335 g/mol. The first-order chi connectivity index (χ1) is 11.7. The molecule has 6 heteroatoms. The predicted octanol–water partition coefficient (Wildman–Crippen LogP) is 2.34. The smallest absolute Gasteiger partial charge is 0.190 e. The van der Waals surface area contributed by atoms with Gasteiger partial charge in [-0.3, -0.25) is 4.99 Å². The molecule has 0 radical (unpaired) electrons. The molecule has 24 heavy (non-hydrogen) atoms. The highest BCUT2D eigenvalue weighted by atomic mass is 16.5. The second-order valence-corrected chi connectivity index (χ2v) is 6.82. The van der Waals surface area contributed by atoms with Gasteiger partial charge in [0, 0.05) is 52.8 Å². The van der Waals surface area contributed by atoms with Crippen LogP contribution in [-0.2, 0) is 11.3 Å². The van der Waals surface area contributed by atoms with E-state index >= 15 is 0 Å². The highest BCUT2D eigenvalue weighted by molar-refractivity contribution is 5.79. The number of nitrogens with zero attached hydrogens (tertiary/aromatic N) is 3. The van der Waals surface area contributed by atoms with Gasteiger partial charge in [0.05, 0.1) is 0 Å². The van der Waals surface area contributed by atoms with Crippen LogP contribution in [0.5, 0.6) is 0 Å². The number of aromatic nitrogens is 2. The quantitative estimate of drug-likeness (QED) is 0.391. The van der Waals surface area contributed by atoms with E-state index in [1.165, 1.54) is 19.3 Å². The molecule has 0 aliphatic heterocycles. The normalized spacial score (nSPS) is 16.7. The lowest BCUT2D eigenvalue weighted by Crippen LogP contribution is -2.47. The Kier molecular flexibility index (Phi) is 7.56. The molecule has 0 unspecified atom stereocenters. The van der Waals surface area contributed by atoms with Gasteiger partial charge < -0.3 is 19.9 Å². The number of guanidine groups is 1. The number of hydrogen-bond donors (Lipinski definition) is 2. The molecule has 0 atom stereocenters. The third-order valence-corrected chi connectivity index (χ3v) is 5.15. The van der Waals surface area contributed by atoms with Crippen LogP contribution in [0.1, 0.15) is 44.3 Å². The summed E-state index contributed by atoms with van der Waals surface area (Å²) in [5.74, 6) is 2.00. The largest absolute Gasteiger partial charge is 0.385 e. The van der Waals surface area contributed by atoms with Crippen molar-refractivity contribution >= 4 is 5.96 Å². The number of nitrogens with one attached hydrogen (secondary N) is 2.